The fourth-order valence-electron chi connectivity index (χ4n) is 8.08. The molecule has 10 heteroatoms. The number of nitrogens with two attached hydrogens (primary N) is 1. The Balaban J connectivity index is 0.000000165. The molecule has 306 valence electrons. The van der Waals surface area contributed by atoms with Gasteiger partial charge in [-0.3, -0.25) is 0 Å². The SMILES string of the molecule is CC(C)Oc1cccc(C(NC2CCN(C)CC2)c2nc3ccccc3s2)c1.CN1CCC(OC(c2cccc(-c3cccc(N)c3)c2)c2nc3ccccc3[nH]2)CC1. The van der Waals surface area contributed by atoms with Crippen LogP contribution in [0.5, 0.6) is 5.75 Å². The lowest BCUT2D eigenvalue weighted by Crippen LogP contribution is -2.42. The summed E-state index contributed by atoms with van der Waals surface area (Å²) in [6, 6.07) is 42.1. The molecule has 9 rings (SSSR count). The van der Waals surface area contributed by atoms with Gasteiger partial charge in [-0.2, -0.15) is 0 Å². The lowest BCUT2D eigenvalue weighted by atomic mass is 9.99. The minimum atomic E-state index is -0.248. The second-order valence-electron chi connectivity index (χ2n) is 16.3. The molecule has 0 aliphatic carbocycles. The summed E-state index contributed by atoms with van der Waals surface area (Å²) in [6.45, 7) is 8.52. The number of aromatic amines is 1. The molecule has 2 fully saturated rings. The number of fused-ring (bicyclic) bond motifs is 2. The van der Waals surface area contributed by atoms with Gasteiger partial charge < -0.3 is 35.3 Å². The Morgan fingerprint density at radius 2 is 1.37 bits per heavy atom. The number of benzene rings is 5. The highest BCUT2D eigenvalue weighted by molar-refractivity contribution is 7.18. The molecule has 4 N–H and O–H groups in total. The van der Waals surface area contributed by atoms with Crippen molar-refractivity contribution in [1.29, 1.82) is 0 Å². The van der Waals surface area contributed by atoms with E-state index in [9.17, 15) is 0 Å². The summed E-state index contributed by atoms with van der Waals surface area (Å²) < 4.78 is 13.9. The van der Waals surface area contributed by atoms with E-state index in [-0.39, 0.29) is 24.4 Å². The van der Waals surface area contributed by atoms with Crippen molar-refractivity contribution in [2.45, 2.75) is 69.9 Å². The Labute approximate surface area is 352 Å². The second kappa shape index (κ2) is 18.9. The molecule has 4 heterocycles. The highest BCUT2D eigenvalue weighted by Gasteiger charge is 2.27. The van der Waals surface area contributed by atoms with Crippen LogP contribution in [0.4, 0.5) is 5.69 Å². The molecule has 59 heavy (non-hydrogen) atoms. The van der Waals surface area contributed by atoms with Gasteiger partial charge in [0.05, 0.1) is 39.5 Å². The topological polar surface area (TPSA) is 105 Å². The molecule has 2 unspecified atom stereocenters. The van der Waals surface area contributed by atoms with Crippen molar-refractivity contribution in [1.82, 2.24) is 30.1 Å². The molecule has 2 saturated heterocycles. The number of para-hydroxylation sites is 3. The van der Waals surface area contributed by atoms with E-state index in [2.05, 4.69) is 127 Å². The van der Waals surface area contributed by atoms with Crippen molar-refractivity contribution in [3.05, 3.63) is 143 Å². The summed E-state index contributed by atoms with van der Waals surface area (Å²) in [7, 11) is 4.37. The Morgan fingerprint density at radius 3 is 2.10 bits per heavy atom. The van der Waals surface area contributed by atoms with E-state index >= 15 is 0 Å². The highest BCUT2D eigenvalue weighted by atomic mass is 32.1. The predicted octanol–water partition coefficient (Wildman–Crippen LogP) is 9.87. The number of piperidine rings is 2. The Hall–Kier alpha value is -5.10. The number of H-pyrrole nitrogens is 1. The van der Waals surface area contributed by atoms with Gasteiger partial charge in [0.25, 0.3) is 0 Å². The van der Waals surface area contributed by atoms with Crippen molar-refractivity contribution >= 4 is 38.3 Å². The van der Waals surface area contributed by atoms with E-state index in [0.717, 1.165) is 94.5 Å². The van der Waals surface area contributed by atoms with Gasteiger partial charge in [-0.05, 0) is 144 Å². The number of hydrogen-bond donors (Lipinski definition) is 3. The maximum absolute atomic E-state index is 6.71. The fraction of sp³-hybridized carbons (Fsp3) is 0.347. The number of hydrogen-bond acceptors (Lipinski definition) is 9. The van der Waals surface area contributed by atoms with Crippen LogP contribution in [0.1, 0.15) is 73.6 Å². The number of thiazole rings is 1. The second-order valence-corrected chi connectivity index (χ2v) is 17.4. The maximum atomic E-state index is 6.71. The van der Waals surface area contributed by atoms with Gasteiger partial charge in [0.15, 0.2) is 0 Å². The van der Waals surface area contributed by atoms with Crippen molar-refractivity contribution in [2.75, 3.05) is 46.0 Å². The number of rotatable bonds is 11. The number of nitrogens with one attached hydrogen (secondary N) is 2. The van der Waals surface area contributed by atoms with Gasteiger partial charge >= 0.3 is 0 Å². The van der Waals surface area contributed by atoms with Crippen molar-refractivity contribution in [2.24, 2.45) is 0 Å². The summed E-state index contributed by atoms with van der Waals surface area (Å²) >= 11 is 1.78. The summed E-state index contributed by atoms with van der Waals surface area (Å²) in [4.78, 5) is 18.1. The monoisotopic (exact) mass is 807 g/mol. The fourth-order valence-corrected chi connectivity index (χ4v) is 9.14. The average molecular weight is 808 g/mol. The zero-order chi connectivity index (χ0) is 40.7. The Morgan fingerprint density at radius 1 is 0.712 bits per heavy atom. The number of aromatic nitrogens is 3. The first-order valence-corrected chi connectivity index (χ1v) is 21.9. The van der Waals surface area contributed by atoms with Gasteiger partial charge in [-0.1, -0.05) is 66.7 Å². The average Bonchev–Trinajstić information content (AvgIpc) is 3.88. The van der Waals surface area contributed by atoms with Gasteiger partial charge in [0, 0.05) is 24.8 Å². The largest absolute Gasteiger partial charge is 0.491 e. The molecule has 0 amide bonds. The van der Waals surface area contributed by atoms with Gasteiger partial charge in [-0.15, -0.1) is 11.3 Å². The summed E-state index contributed by atoms with van der Waals surface area (Å²) in [6.07, 6.45) is 4.52. The molecule has 0 bridgehead atoms. The van der Waals surface area contributed by atoms with Crippen LogP contribution >= 0.6 is 11.3 Å². The molecular weight excluding hydrogens is 751 g/mol. The molecule has 2 aliphatic heterocycles. The summed E-state index contributed by atoms with van der Waals surface area (Å²) in [5.41, 5.74) is 14.4. The van der Waals surface area contributed by atoms with Crippen LogP contribution in [0, 0.1) is 0 Å². The Bertz CT molecular complexity index is 2360. The molecule has 0 saturated carbocycles. The molecule has 2 atom stereocenters. The minimum Gasteiger partial charge on any atom is -0.491 e. The number of nitrogen functional groups attached to an aromatic ring is 1. The van der Waals surface area contributed by atoms with Gasteiger partial charge in [-0.25, -0.2) is 9.97 Å². The van der Waals surface area contributed by atoms with Crippen LogP contribution in [-0.2, 0) is 4.74 Å². The van der Waals surface area contributed by atoms with E-state index in [1.807, 2.05) is 42.5 Å². The Kier molecular flexibility index (Phi) is 13.0. The lowest BCUT2D eigenvalue weighted by Gasteiger charge is -2.32. The molecule has 7 aromatic rings. The third-order valence-electron chi connectivity index (χ3n) is 11.3. The summed E-state index contributed by atoms with van der Waals surface area (Å²) in [5.74, 6) is 1.77. The van der Waals surface area contributed by atoms with Gasteiger partial charge in [0.2, 0.25) is 0 Å². The van der Waals surface area contributed by atoms with E-state index in [1.165, 1.54) is 23.1 Å². The highest BCUT2D eigenvalue weighted by Crippen LogP contribution is 2.35. The number of likely N-dealkylation sites (tertiary alicyclic amines) is 2. The minimum absolute atomic E-state index is 0.0847. The van der Waals surface area contributed by atoms with Gasteiger partial charge in [0.1, 0.15) is 22.7 Å². The molecule has 9 nitrogen and oxygen atoms in total. The van der Waals surface area contributed by atoms with Crippen molar-refractivity contribution < 1.29 is 9.47 Å². The smallest absolute Gasteiger partial charge is 0.141 e. The van der Waals surface area contributed by atoms with Crippen LogP contribution in [0.15, 0.2) is 121 Å². The maximum Gasteiger partial charge on any atom is 0.141 e. The molecular formula is C49H57N7O2S. The zero-order valence-corrected chi connectivity index (χ0v) is 35.5. The molecule has 2 aromatic heterocycles. The standard InChI is InChI=1S/C26H28N4O.C23H29N3OS/c1-30-14-12-22(13-15-30)31-25(26-28-23-10-2-3-11-24(23)29-26)20-8-4-6-18(16-20)19-7-5-9-21(27)17-19;1-16(2)27-19-8-6-7-17(15-19)22(24-18-11-13-26(3)14-12-18)23-25-20-9-4-5-10-21(20)28-23/h2-11,16-17,22,25H,12-15,27H2,1H3,(H,28,29);4-10,15-16,18,22,24H,11-14H2,1-3H3. The van der Waals surface area contributed by atoms with Crippen LogP contribution in [0.25, 0.3) is 32.4 Å². The zero-order valence-electron chi connectivity index (χ0n) is 34.7. The lowest BCUT2D eigenvalue weighted by molar-refractivity contribution is -0.0264. The first-order valence-electron chi connectivity index (χ1n) is 21.1. The predicted molar refractivity (Wildman–Crippen MR) is 243 cm³/mol. The summed E-state index contributed by atoms with van der Waals surface area (Å²) in [5, 5.41) is 5.04. The van der Waals surface area contributed by atoms with E-state index in [0.29, 0.717) is 6.04 Å². The third-order valence-corrected chi connectivity index (χ3v) is 12.4. The molecule has 5 aromatic carbocycles. The molecule has 2 aliphatic rings. The van der Waals surface area contributed by atoms with E-state index in [1.54, 1.807) is 11.3 Å². The first kappa shape index (κ1) is 40.7. The van der Waals surface area contributed by atoms with E-state index < -0.39 is 0 Å². The van der Waals surface area contributed by atoms with E-state index in [4.69, 9.17) is 25.2 Å². The first-order chi connectivity index (χ1) is 28.7. The molecule has 0 radical (unpaired) electrons. The van der Waals surface area contributed by atoms with Crippen LogP contribution in [-0.4, -0.2) is 83.3 Å². The number of nitrogens with zero attached hydrogens (tertiary/aromatic N) is 4. The van der Waals surface area contributed by atoms with Crippen LogP contribution in [0.3, 0.4) is 0 Å². The van der Waals surface area contributed by atoms with Crippen molar-refractivity contribution in [3.8, 4) is 16.9 Å². The third kappa shape index (κ3) is 10.4. The number of anilines is 1. The van der Waals surface area contributed by atoms with Crippen LogP contribution in [0.2, 0.25) is 0 Å². The van der Waals surface area contributed by atoms with Crippen molar-refractivity contribution in [3.63, 3.8) is 0 Å². The van der Waals surface area contributed by atoms with Crippen LogP contribution < -0.4 is 15.8 Å². The molecule has 0 spiro atoms. The number of ether oxygens (including phenoxy) is 2. The normalized spacial score (nSPS) is 16.9. The number of imidazole rings is 1. The quantitative estimate of drug-likeness (QED) is 0.111.